The maximum absolute atomic E-state index is 4.22. The summed E-state index contributed by atoms with van der Waals surface area (Å²) < 4.78 is 1.92. The molecule has 1 aromatic rings. The molecule has 1 rings (SSSR count). The topological polar surface area (TPSA) is 42.7 Å². The van der Waals surface area contributed by atoms with Crippen LogP contribution in [0.1, 0.15) is 60.1 Å². The van der Waals surface area contributed by atoms with E-state index in [2.05, 4.69) is 57.2 Å². The smallest absolute Gasteiger partial charge is 0.0965 e. The lowest BCUT2D eigenvalue weighted by molar-refractivity contribution is 0.346. The van der Waals surface area contributed by atoms with Gasteiger partial charge in [-0.05, 0) is 33.6 Å². The van der Waals surface area contributed by atoms with Crippen molar-refractivity contribution < 1.29 is 0 Å². The minimum Gasteiger partial charge on any atom is -0.308 e. The summed E-state index contributed by atoms with van der Waals surface area (Å²) in [6.45, 7) is 14.0. The van der Waals surface area contributed by atoms with Crippen molar-refractivity contribution >= 4 is 0 Å². The molecule has 0 radical (unpaired) electrons. The van der Waals surface area contributed by atoms with E-state index < -0.39 is 0 Å². The first kappa shape index (κ1) is 15.2. The lowest BCUT2D eigenvalue weighted by Crippen LogP contribution is -2.32. The zero-order valence-corrected chi connectivity index (χ0v) is 12.7. The maximum atomic E-state index is 4.22. The molecular formula is C14H28N4. The Kier molecular flexibility index (Phi) is 5.32. The van der Waals surface area contributed by atoms with E-state index in [1.807, 2.05) is 10.9 Å². The van der Waals surface area contributed by atoms with Crippen LogP contribution in [0.3, 0.4) is 0 Å². The van der Waals surface area contributed by atoms with Crippen molar-refractivity contribution in [3.8, 4) is 0 Å². The molecule has 0 aliphatic heterocycles. The van der Waals surface area contributed by atoms with Crippen molar-refractivity contribution in [1.29, 1.82) is 0 Å². The van der Waals surface area contributed by atoms with E-state index in [0.29, 0.717) is 6.04 Å². The third-order valence-electron chi connectivity index (χ3n) is 3.59. The maximum Gasteiger partial charge on any atom is 0.0965 e. The summed E-state index contributed by atoms with van der Waals surface area (Å²) in [5, 5.41) is 11.9. The molecule has 0 spiro atoms. The van der Waals surface area contributed by atoms with Gasteiger partial charge in [-0.15, -0.1) is 5.10 Å². The van der Waals surface area contributed by atoms with Crippen LogP contribution < -0.4 is 5.32 Å². The molecule has 0 fully saturated rings. The Hall–Kier alpha value is -0.900. The third-order valence-corrected chi connectivity index (χ3v) is 3.59. The van der Waals surface area contributed by atoms with Gasteiger partial charge in [0.1, 0.15) is 0 Å². The molecule has 18 heavy (non-hydrogen) atoms. The number of rotatable bonds is 6. The first-order chi connectivity index (χ1) is 8.38. The Morgan fingerprint density at radius 1 is 1.28 bits per heavy atom. The molecule has 0 aliphatic rings. The molecule has 4 heteroatoms. The summed E-state index contributed by atoms with van der Waals surface area (Å²) in [6, 6.07) is 0.528. The molecule has 0 bridgehead atoms. The highest BCUT2D eigenvalue weighted by Crippen LogP contribution is 2.14. The molecular weight excluding hydrogens is 224 g/mol. The molecule has 0 saturated carbocycles. The van der Waals surface area contributed by atoms with Crippen molar-refractivity contribution in [1.82, 2.24) is 20.3 Å². The second-order valence-electron chi connectivity index (χ2n) is 6.07. The van der Waals surface area contributed by atoms with Gasteiger partial charge in [0, 0.05) is 12.6 Å². The highest BCUT2D eigenvalue weighted by Gasteiger charge is 2.16. The third kappa shape index (κ3) is 4.09. The predicted octanol–water partition coefficient (Wildman–Crippen LogP) is 2.95. The average Bonchev–Trinajstić information content (AvgIpc) is 2.76. The molecule has 0 aliphatic carbocycles. The number of nitrogens with one attached hydrogen (secondary N) is 1. The Labute approximate surface area is 111 Å². The van der Waals surface area contributed by atoms with Crippen molar-refractivity contribution in [2.24, 2.45) is 5.92 Å². The van der Waals surface area contributed by atoms with E-state index in [9.17, 15) is 0 Å². The van der Waals surface area contributed by atoms with Crippen LogP contribution >= 0.6 is 0 Å². The van der Waals surface area contributed by atoms with Gasteiger partial charge in [0.2, 0.25) is 0 Å². The van der Waals surface area contributed by atoms with Crippen LogP contribution in [0.4, 0.5) is 0 Å². The second-order valence-corrected chi connectivity index (χ2v) is 6.07. The second kappa shape index (κ2) is 6.32. The van der Waals surface area contributed by atoms with Crippen LogP contribution in [-0.2, 0) is 12.1 Å². The fourth-order valence-corrected chi connectivity index (χ4v) is 2.14. The number of hydrogen-bond donors (Lipinski definition) is 1. The molecule has 1 N–H and O–H groups in total. The van der Waals surface area contributed by atoms with Gasteiger partial charge >= 0.3 is 0 Å². The molecule has 4 nitrogen and oxygen atoms in total. The molecule has 0 saturated heterocycles. The van der Waals surface area contributed by atoms with E-state index in [1.165, 1.54) is 12.8 Å². The fourth-order valence-electron chi connectivity index (χ4n) is 2.14. The van der Waals surface area contributed by atoms with Gasteiger partial charge in [-0.1, -0.05) is 31.9 Å². The minimum absolute atomic E-state index is 0.00619. The number of aromatic nitrogens is 3. The van der Waals surface area contributed by atoms with E-state index in [1.54, 1.807) is 0 Å². The predicted molar refractivity (Wildman–Crippen MR) is 75.4 cm³/mol. The Morgan fingerprint density at radius 2 is 1.89 bits per heavy atom. The molecule has 104 valence electrons. The monoisotopic (exact) mass is 252 g/mol. The highest BCUT2D eigenvalue weighted by atomic mass is 15.4. The van der Waals surface area contributed by atoms with Crippen molar-refractivity contribution in [2.75, 3.05) is 0 Å². The molecule has 1 unspecified atom stereocenters. The van der Waals surface area contributed by atoms with Crippen LogP contribution in [0.2, 0.25) is 0 Å². The Morgan fingerprint density at radius 3 is 2.33 bits per heavy atom. The van der Waals surface area contributed by atoms with E-state index in [-0.39, 0.29) is 5.54 Å². The summed E-state index contributed by atoms with van der Waals surface area (Å²) >= 11 is 0. The Bertz CT molecular complexity index is 347. The van der Waals surface area contributed by atoms with Crippen LogP contribution in [0.15, 0.2) is 6.20 Å². The summed E-state index contributed by atoms with van der Waals surface area (Å²) in [7, 11) is 0. The summed E-state index contributed by atoms with van der Waals surface area (Å²) in [5.41, 5.74) is 1.02. The van der Waals surface area contributed by atoms with Crippen LogP contribution in [0.5, 0.6) is 0 Å². The first-order valence-corrected chi connectivity index (χ1v) is 7.03. The lowest BCUT2D eigenvalue weighted by atomic mass is 9.95. The summed E-state index contributed by atoms with van der Waals surface area (Å²) in [4.78, 5) is 0. The van der Waals surface area contributed by atoms with Crippen molar-refractivity contribution in [2.45, 2.75) is 72.5 Å². The molecule has 0 amide bonds. The van der Waals surface area contributed by atoms with Gasteiger partial charge in [0.15, 0.2) is 0 Å². The quantitative estimate of drug-likeness (QED) is 0.846. The van der Waals surface area contributed by atoms with Crippen molar-refractivity contribution in [3.05, 3.63) is 11.9 Å². The van der Waals surface area contributed by atoms with E-state index in [4.69, 9.17) is 0 Å². The normalized spacial score (nSPS) is 14.2. The number of hydrogen-bond acceptors (Lipinski definition) is 3. The zero-order valence-electron chi connectivity index (χ0n) is 12.7. The van der Waals surface area contributed by atoms with Gasteiger partial charge in [-0.2, -0.15) is 0 Å². The zero-order chi connectivity index (χ0) is 13.8. The standard InChI is InChI=1S/C14H28N4/c1-7-12(8-2)11(3)15-9-13-10-18(17-16-13)14(4,5)6/h10-12,15H,7-9H2,1-6H3. The number of nitrogens with zero attached hydrogens (tertiary/aromatic N) is 3. The van der Waals surface area contributed by atoms with Gasteiger partial charge in [0.05, 0.1) is 17.4 Å². The molecule has 1 aromatic heterocycles. The van der Waals surface area contributed by atoms with Crippen LogP contribution in [0.25, 0.3) is 0 Å². The minimum atomic E-state index is 0.00619. The Balaban J connectivity index is 2.51. The van der Waals surface area contributed by atoms with E-state index in [0.717, 1.165) is 18.2 Å². The first-order valence-electron chi connectivity index (χ1n) is 7.03. The lowest BCUT2D eigenvalue weighted by Gasteiger charge is -2.22. The van der Waals surface area contributed by atoms with Crippen LogP contribution in [0, 0.1) is 5.92 Å². The van der Waals surface area contributed by atoms with E-state index >= 15 is 0 Å². The van der Waals surface area contributed by atoms with Gasteiger partial charge in [-0.25, -0.2) is 4.68 Å². The molecule has 0 aromatic carbocycles. The van der Waals surface area contributed by atoms with Crippen molar-refractivity contribution in [3.63, 3.8) is 0 Å². The van der Waals surface area contributed by atoms with Gasteiger partial charge in [0.25, 0.3) is 0 Å². The van der Waals surface area contributed by atoms with Crippen LogP contribution in [-0.4, -0.2) is 21.0 Å². The largest absolute Gasteiger partial charge is 0.308 e. The summed E-state index contributed by atoms with van der Waals surface area (Å²) in [5.74, 6) is 0.739. The highest BCUT2D eigenvalue weighted by molar-refractivity contribution is 4.94. The average molecular weight is 252 g/mol. The van der Waals surface area contributed by atoms with Gasteiger partial charge in [-0.3, -0.25) is 0 Å². The fraction of sp³-hybridized carbons (Fsp3) is 0.857. The van der Waals surface area contributed by atoms with Gasteiger partial charge < -0.3 is 5.32 Å². The SMILES string of the molecule is CCC(CC)C(C)NCc1cn(C(C)(C)C)nn1. The summed E-state index contributed by atoms with van der Waals surface area (Å²) in [6.07, 6.45) is 4.48. The molecule has 1 atom stereocenters. The molecule has 1 heterocycles.